The van der Waals surface area contributed by atoms with Crippen LogP contribution >= 0.6 is 0 Å². The van der Waals surface area contributed by atoms with Crippen LogP contribution in [0.2, 0.25) is 0 Å². The van der Waals surface area contributed by atoms with Crippen molar-refractivity contribution in [2.75, 3.05) is 17.2 Å². The summed E-state index contributed by atoms with van der Waals surface area (Å²) in [6, 6.07) is 20.7. The van der Waals surface area contributed by atoms with Gasteiger partial charge in [0, 0.05) is 17.9 Å². The first-order valence-corrected chi connectivity index (χ1v) is 8.78. The zero-order valence-corrected chi connectivity index (χ0v) is 15.1. The van der Waals surface area contributed by atoms with Crippen molar-refractivity contribution in [1.82, 2.24) is 0 Å². The SMILES string of the molecule is O=C(Nc1ccccc1CCO)Nc1cc(C(=O)O)ccc1-c1ccccc1. The van der Waals surface area contributed by atoms with Gasteiger partial charge in [-0.05, 0) is 35.7 Å². The predicted molar refractivity (Wildman–Crippen MR) is 109 cm³/mol. The number of rotatable bonds is 6. The van der Waals surface area contributed by atoms with Crippen molar-refractivity contribution in [2.45, 2.75) is 6.42 Å². The number of benzene rings is 3. The standard InChI is InChI=1S/C22H20N2O4/c25-13-12-16-8-4-5-9-19(16)23-22(28)24-20-14-17(21(26)27)10-11-18(20)15-6-2-1-3-7-15/h1-11,14,25H,12-13H2,(H,26,27)(H2,23,24,28). The molecule has 6 nitrogen and oxygen atoms in total. The Hall–Kier alpha value is -3.64. The van der Waals surface area contributed by atoms with Gasteiger partial charge in [0.15, 0.2) is 0 Å². The number of urea groups is 1. The molecular formula is C22H20N2O4. The summed E-state index contributed by atoms with van der Waals surface area (Å²) >= 11 is 0. The maximum atomic E-state index is 12.6. The number of hydrogen-bond acceptors (Lipinski definition) is 3. The minimum absolute atomic E-state index is 0.0286. The van der Waals surface area contributed by atoms with E-state index in [1.165, 1.54) is 12.1 Å². The third kappa shape index (κ3) is 4.55. The summed E-state index contributed by atoms with van der Waals surface area (Å²) in [6.07, 6.45) is 0.417. The number of carbonyl (C=O) groups excluding carboxylic acids is 1. The molecule has 0 atom stereocenters. The number of anilines is 2. The lowest BCUT2D eigenvalue weighted by atomic mass is 10.0. The first-order chi connectivity index (χ1) is 13.6. The van der Waals surface area contributed by atoms with E-state index in [0.29, 0.717) is 23.4 Å². The summed E-state index contributed by atoms with van der Waals surface area (Å²) in [7, 11) is 0. The molecule has 0 spiro atoms. The average Bonchev–Trinajstić information content (AvgIpc) is 2.70. The van der Waals surface area contributed by atoms with Crippen LogP contribution in [0.1, 0.15) is 15.9 Å². The smallest absolute Gasteiger partial charge is 0.335 e. The van der Waals surface area contributed by atoms with Crippen LogP contribution < -0.4 is 10.6 Å². The molecule has 0 unspecified atom stereocenters. The Balaban J connectivity index is 1.89. The van der Waals surface area contributed by atoms with Gasteiger partial charge in [0.1, 0.15) is 0 Å². The van der Waals surface area contributed by atoms with Crippen LogP contribution in [0.3, 0.4) is 0 Å². The normalized spacial score (nSPS) is 10.3. The van der Waals surface area contributed by atoms with Gasteiger partial charge < -0.3 is 20.8 Å². The molecule has 0 radical (unpaired) electrons. The number of nitrogens with one attached hydrogen (secondary N) is 2. The number of aliphatic hydroxyl groups is 1. The molecule has 142 valence electrons. The molecule has 6 heteroatoms. The molecule has 0 heterocycles. The predicted octanol–water partition coefficient (Wildman–Crippen LogP) is 4.23. The number of carboxylic acids is 1. The lowest BCUT2D eigenvalue weighted by molar-refractivity contribution is 0.0697. The fraction of sp³-hybridized carbons (Fsp3) is 0.0909. The zero-order valence-electron chi connectivity index (χ0n) is 15.1. The summed E-state index contributed by atoms with van der Waals surface area (Å²) in [5.74, 6) is -1.07. The molecule has 3 rings (SSSR count). The number of carbonyl (C=O) groups is 2. The van der Waals surface area contributed by atoms with Gasteiger partial charge in [0.25, 0.3) is 0 Å². The Bertz CT molecular complexity index is 987. The molecule has 0 saturated carbocycles. The van der Waals surface area contributed by atoms with Crippen molar-refractivity contribution in [3.8, 4) is 11.1 Å². The molecule has 0 aliphatic heterocycles. The van der Waals surface area contributed by atoms with E-state index < -0.39 is 12.0 Å². The van der Waals surface area contributed by atoms with Crippen molar-refractivity contribution in [3.05, 3.63) is 83.9 Å². The van der Waals surface area contributed by atoms with Gasteiger partial charge in [0.05, 0.1) is 11.3 Å². The van der Waals surface area contributed by atoms with Gasteiger partial charge in [0.2, 0.25) is 0 Å². The van der Waals surface area contributed by atoms with E-state index in [4.69, 9.17) is 0 Å². The van der Waals surface area contributed by atoms with Crippen LogP contribution in [0.15, 0.2) is 72.8 Å². The molecule has 2 amide bonds. The van der Waals surface area contributed by atoms with Crippen molar-refractivity contribution >= 4 is 23.4 Å². The van der Waals surface area contributed by atoms with Crippen LogP contribution in [0.5, 0.6) is 0 Å². The molecule has 0 saturated heterocycles. The van der Waals surface area contributed by atoms with E-state index in [0.717, 1.165) is 11.1 Å². The number of aliphatic hydroxyl groups excluding tert-OH is 1. The topological polar surface area (TPSA) is 98.7 Å². The largest absolute Gasteiger partial charge is 0.478 e. The summed E-state index contributed by atoms with van der Waals surface area (Å²) < 4.78 is 0. The molecule has 28 heavy (non-hydrogen) atoms. The number of amides is 2. The second-order valence-corrected chi connectivity index (χ2v) is 6.14. The molecule has 0 aromatic heterocycles. The Kier molecular flexibility index (Phi) is 6.04. The lowest BCUT2D eigenvalue weighted by Gasteiger charge is -2.15. The fourth-order valence-corrected chi connectivity index (χ4v) is 2.91. The van der Waals surface area contributed by atoms with Gasteiger partial charge in [-0.3, -0.25) is 0 Å². The third-order valence-corrected chi connectivity index (χ3v) is 4.25. The molecule has 0 bridgehead atoms. The molecule has 3 aromatic rings. The van der Waals surface area contributed by atoms with E-state index >= 15 is 0 Å². The number of carboxylic acid groups (broad SMARTS) is 1. The molecule has 0 fully saturated rings. The highest BCUT2D eigenvalue weighted by atomic mass is 16.4. The molecule has 0 aliphatic carbocycles. The molecule has 4 N–H and O–H groups in total. The zero-order chi connectivity index (χ0) is 19.9. The Labute approximate surface area is 162 Å². The molecule has 0 aliphatic rings. The van der Waals surface area contributed by atoms with Crippen LogP contribution in [0, 0.1) is 0 Å². The van der Waals surface area contributed by atoms with Gasteiger partial charge in [-0.25, -0.2) is 9.59 Å². The highest BCUT2D eigenvalue weighted by Crippen LogP contribution is 2.29. The maximum Gasteiger partial charge on any atom is 0.335 e. The lowest BCUT2D eigenvalue weighted by Crippen LogP contribution is -2.21. The monoisotopic (exact) mass is 376 g/mol. The van der Waals surface area contributed by atoms with Crippen LogP contribution in [0.4, 0.5) is 16.2 Å². The third-order valence-electron chi connectivity index (χ3n) is 4.25. The van der Waals surface area contributed by atoms with E-state index in [2.05, 4.69) is 10.6 Å². The summed E-state index contributed by atoms with van der Waals surface area (Å²) in [5.41, 5.74) is 3.44. The maximum absolute atomic E-state index is 12.6. The summed E-state index contributed by atoms with van der Waals surface area (Å²) in [5, 5.41) is 24.0. The Morgan fingerprint density at radius 1 is 0.821 bits per heavy atom. The van der Waals surface area contributed by atoms with Crippen molar-refractivity contribution in [2.24, 2.45) is 0 Å². The molecular weight excluding hydrogens is 356 g/mol. The van der Waals surface area contributed by atoms with E-state index in [1.54, 1.807) is 18.2 Å². The first kappa shape index (κ1) is 19.1. The number of para-hydroxylation sites is 1. The fourth-order valence-electron chi connectivity index (χ4n) is 2.91. The van der Waals surface area contributed by atoms with Crippen molar-refractivity contribution in [3.63, 3.8) is 0 Å². The van der Waals surface area contributed by atoms with Crippen molar-refractivity contribution < 1.29 is 19.8 Å². The minimum atomic E-state index is -1.07. The Morgan fingerprint density at radius 2 is 1.50 bits per heavy atom. The van der Waals surface area contributed by atoms with E-state index in [-0.39, 0.29) is 12.2 Å². The van der Waals surface area contributed by atoms with E-state index in [1.807, 2.05) is 42.5 Å². The second kappa shape index (κ2) is 8.83. The van der Waals surface area contributed by atoms with Crippen molar-refractivity contribution in [1.29, 1.82) is 0 Å². The van der Waals surface area contributed by atoms with Gasteiger partial charge in [-0.1, -0.05) is 54.6 Å². The van der Waals surface area contributed by atoms with Gasteiger partial charge in [-0.2, -0.15) is 0 Å². The highest BCUT2D eigenvalue weighted by molar-refractivity contribution is 6.04. The van der Waals surface area contributed by atoms with E-state index in [9.17, 15) is 19.8 Å². The second-order valence-electron chi connectivity index (χ2n) is 6.14. The van der Waals surface area contributed by atoms with Crippen LogP contribution in [0.25, 0.3) is 11.1 Å². The average molecular weight is 376 g/mol. The number of aromatic carboxylic acids is 1. The minimum Gasteiger partial charge on any atom is -0.478 e. The molecule has 3 aromatic carbocycles. The Morgan fingerprint density at radius 3 is 2.21 bits per heavy atom. The summed E-state index contributed by atoms with van der Waals surface area (Å²) in [4.78, 5) is 23.9. The summed E-state index contributed by atoms with van der Waals surface area (Å²) in [6.45, 7) is -0.0286. The first-order valence-electron chi connectivity index (χ1n) is 8.78. The van der Waals surface area contributed by atoms with Gasteiger partial charge in [-0.15, -0.1) is 0 Å². The van der Waals surface area contributed by atoms with Gasteiger partial charge >= 0.3 is 12.0 Å². The van der Waals surface area contributed by atoms with Crippen LogP contribution in [-0.4, -0.2) is 28.8 Å². The highest BCUT2D eigenvalue weighted by Gasteiger charge is 2.13. The van der Waals surface area contributed by atoms with Crippen LogP contribution in [-0.2, 0) is 6.42 Å². The quantitative estimate of drug-likeness (QED) is 0.517. The number of hydrogen-bond donors (Lipinski definition) is 4.